The van der Waals surface area contributed by atoms with Crippen molar-refractivity contribution in [1.29, 1.82) is 0 Å². The van der Waals surface area contributed by atoms with E-state index in [1.54, 1.807) is 4.90 Å². The van der Waals surface area contributed by atoms with Gasteiger partial charge < -0.3 is 14.8 Å². The quantitative estimate of drug-likeness (QED) is 0.562. The minimum absolute atomic E-state index is 0.167. The third-order valence-corrected chi connectivity index (χ3v) is 6.00. The van der Waals surface area contributed by atoms with Gasteiger partial charge in [-0.15, -0.1) is 0 Å². The third-order valence-electron chi connectivity index (χ3n) is 6.00. The Morgan fingerprint density at radius 2 is 1.81 bits per heavy atom. The number of carbonyl (C=O) groups is 1. The number of nitrogens with one attached hydrogen (secondary N) is 1. The Balaban J connectivity index is 1.30. The summed E-state index contributed by atoms with van der Waals surface area (Å²) in [6.45, 7) is 0.949. The van der Waals surface area contributed by atoms with Crippen molar-refractivity contribution in [1.82, 2.24) is 4.98 Å². The summed E-state index contributed by atoms with van der Waals surface area (Å²) in [5.74, 6) is 1.37. The number of nitrogens with zero attached hydrogens (tertiary/aromatic N) is 2. The first-order chi connectivity index (χ1) is 15.8. The molecule has 2 aromatic carbocycles. The highest BCUT2D eigenvalue weighted by molar-refractivity contribution is 6.03. The average Bonchev–Trinajstić information content (AvgIpc) is 2.85. The first-order valence-electron chi connectivity index (χ1n) is 11.3. The van der Waals surface area contributed by atoms with Crippen LogP contribution in [-0.2, 0) is 0 Å². The molecule has 0 unspecified atom stereocenters. The standard InChI is InChI=1S/C26H27N3O3/c30-26(28-21-7-3-1-4-8-21)29-15-16-31-24-17-19(11-13-23(24)29)20-12-14-25(27-18-20)32-22-9-5-2-6-10-22/h1,3-4,7-8,11-14,17-18,22H,2,5-6,9-10,15-16H2,(H,28,30). The number of benzene rings is 2. The predicted molar refractivity (Wildman–Crippen MR) is 125 cm³/mol. The molecular formula is C26H27N3O3. The molecule has 2 heterocycles. The van der Waals surface area contributed by atoms with Crippen LogP contribution in [0.4, 0.5) is 16.2 Å². The monoisotopic (exact) mass is 429 g/mol. The summed E-state index contributed by atoms with van der Waals surface area (Å²) in [6, 6.07) is 19.1. The molecule has 1 aliphatic carbocycles. The van der Waals surface area contributed by atoms with Gasteiger partial charge in [0.15, 0.2) is 0 Å². The number of pyridine rings is 1. The number of para-hydroxylation sites is 1. The van der Waals surface area contributed by atoms with Gasteiger partial charge in [0.1, 0.15) is 18.5 Å². The zero-order chi connectivity index (χ0) is 21.8. The number of hydrogen-bond acceptors (Lipinski definition) is 4. The normalized spacial score (nSPS) is 16.1. The largest absolute Gasteiger partial charge is 0.490 e. The lowest BCUT2D eigenvalue weighted by atomic mass is 9.98. The van der Waals surface area contributed by atoms with E-state index in [0.29, 0.717) is 24.8 Å². The highest BCUT2D eigenvalue weighted by atomic mass is 16.5. The van der Waals surface area contributed by atoms with E-state index in [9.17, 15) is 4.79 Å². The Morgan fingerprint density at radius 3 is 2.59 bits per heavy atom. The SMILES string of the molecule is O=C(Nc1ccccc1)N1CCOc2cc(-c3ccc(OC4CCCCC4)nc3)ccc21. The number of rotatable bonds is 4. The van der Waals surface area contributed by atoms with Crippen LogP contribution in [0.3, 0.4) is 0 Å². The molecule has 0 spiro atoms. The second kappa shape index (κ2) is 9.30. The van der Waals surface area contributed by atoms with Gasteiger partial charge in [0.25, 0.3) is 0 Å². The number of urea groups is 1. The predicted octanol–water partition coefficient (Wildman–Crippen LogP) is 5.89. The zero-order valence-electron chi connectivity index (χ0n) is 18.0. The van der Waals surface area contributed by atoms with E-state index in [0.717, 1.165) is 35.3 Å². The molecule has 32 heavy (non-hydrogen) atoms. The summed E-state index contributed by atoms with van der Waals surface area (Å²) < 4.78 is 11.9. The summed E-state index contributed by atoms with van der Waals surface area (Å²) in [7, 11) is 0. The Morgan fingerprint density at radius 1 is 1.00 bits per heavy atom. The molecule has 6 heteroatoms. The van der Waals surface area contributed by atoms with Crippen LogP contribution in [0.2, 0.25) is 0 Å². The molecule has 3 aromatic rings. The second-order valence-electron chi connectivity index (χ2n) is 8.24. The van der Waals surface area contributed by atoms with Crippen LogP contribution in [0.25, 0.3) is 11.1 Å². The number of carbonyl (C=O) groups excluding carboxylic acids is 1. The number of anilines is 2. The van der Waals surface area contributed by atoms with Crippen molar-refractivity contribution < 1.29 is 14.3 Å². The fraction of sp³-hybridized carbons (Fsp3) is 0.308. The molecular weight excluding hydrogens is 402 g/mol. The second-order valence-corrected chi connectivity index (χ2v) is 8.24. The van der Waals surface area contributed by atoms with Gasteiger partial charge in [-0.3, -0.25) is 4.90 Å². The van der Waals surface area contributed by atoms with Gasteiger partial charge in [0, 0.05) is 23.5 Å². The molecule has 6 nitrogen and oxygen atoms in total. The lowest BCUT2D eigenvalue weighted by Gasteiger charge is -2.30. The van der Waals surface area contributed by atoms with E-state index in [2.05, 4.69) is 10.3 Å². The third kappa shape index (κ3) is 4.54. The Kier molecular flexibility index (Phi) is 5.92. The van der Waals surface area contributed by atoms with Crippen molar-refractivity contribution in [2.75, 3.05) is 23.4 Å². The molecule has 1 aliphatic heterocycles. The molecule has 0 saturated heterocycles. The minimum atomic E-state index is -0.167. The topological polar surface area (TPSA) is 63.7 Å². The van der Waals surface area contributed by atoms with E-state index >= 15 is 0 Å². The molecule has 0 atom stereocenters. The van der Waals surface area contributed by atoms with Crippen LogP contribution in [0.1, 0.15) is 32.1 Å². The van der Waals surface area contributed by atoms with Crippen molar-refractivity contribution in [3.63, 3.8) is 0 Å². The van der Waals surface area contributed by atoms with Gasteiger partial charge >= 0.3 is 6.03 Å². The first kappa shape index (κ1) is 20.4. The fourth-order valence-electron chi connectivity index (χ4n) is 4.30. The summed E-state index contributed by atoms with van der Waals surface area (Å²) in [4.78, 5) is 19.1. The number of aromatic nitrogens is 1. The van der Waals surface area contributed by atoms with Crippen molar-refractivity contribution in [2.45, 2.75) is 38.2 Å². The van der Waals surface area contributed by atoms with Crippen LogP contribution in [0.5, 0.6) is 11.6 Å². The smallest absolute Gasteiger partial charge is 0.326 e. The molecule has 1 fully saturated rings. The highest BCUT2D eigenvalue weighted by Gasteiger charge is 2.24. The van der Waals surface area contributed by atoms with Gasteiger partial charge in [-0.2, -0.15) is 0 Å². The molecule has 164 valence electrons. The molecule has 1 N–H and O–H groups in total. The highest BCUT2D eigenvalue weighted by Crippen LogP contribution is 2.36. The number of amides is 2. The molecule has 1 saturated carbocycles. The molecule has 5 rings (SSSR count). The molecule has 0 radical (unpaired) electrons. The van der Waals surface area contributed by atoms with Gasteiger partial charge in [-0.1, -0.05) is 30.7 Å². The minimum Gasteiger partial charge on any atom is -0.490 e. The van der Waals surface area contributed by atoms with E-state index in [4.69, 9.17) is 9.47 Å². The van der Waals surface area contributed by atoms with Crippen molar-refractivity contribution in [3.8, 4) is 22.8 Å². The lowest BCUT2D eigenvalue weighted by Crippen LogP contribution is -2.40. The van der Waals surface area contributed by atoms with Gasteiger partial charge in [-0.25, -0.2) is 9.78 Å². The lowest BCUT2D eigenvalue weighted by molar-refractivity contribution is 0.148. The summed E-state index contributed by atoms with van der Waals surface area (Å²) in [5, 5.41) is 2.95. The zero-order valence-corrected chi connectivity index (χ0v) is 18.0. The number of ether oxygens (including phenoxy) is 2. The Hall–Kier alpha value is -3.54. The van der Waals surface area contributed by atoms with Crippen molar-refractivity contribution in [3.05, 3.63) is 66.9 Å². The maximum absolute atomic E-state index is 12.8. The van der Waals surface area contributed by atoms with Gasteiger partial charge in [-0.05, 0) is 61.6 Å². The van der Waals surface area contributed by atoms with Crippen LogP contribution < -0.4 is 19.7 Å². The summed E-state index contributed by atoms with van der Waals surface area (Å²) in [6.07, 6.45) is 8.11. The van der Waals surface area contributed by atoms with Crippen LogP contribution in [0.15, 0.2) is 66.9 Å². The van der Waals surface area contributed by atoms with Crippen molar-refractivity contribution in [2.24, 2.45) is 0 Å². The number of hydrogen-bond donors (Lipinski definition) is 1. The molecule has 2 amide bonds. The van der Waals surface area contributed by atoms with Crippen LogP contribution in [-0.4, -0.2) is 30.3 Å². The van der Waals surface area contributed by atoms with E-state index in [-0.39, 0.29) is 12.1 Å². The molecule has 1 aromatic heterocycles. The van der Waals surface area contributed by atoms with Crippen molar-refractivity contribution >= 4 is 17.4 Å². The average molecular weight is 430 g/mol. The molecule has 0 bridgehead atoms. The fourth-order valence-corrected chi connectivity index (χ4v) is 4.30. The Labute approximate surface area is 188 Å². The first-order valence-corrected chi connectivity index (χ1v) is 11.3. The van der Waals surface area contributed by atoms with Gasteiger partial charge in [0.05, 0.1) is 12.2 Å². The summed E-state index contributed by atoms with van der Waals surface area (Å²) in [5.41, 5.74) is 3.51. The summed E-state index contributed by atoms with van der Waals surface area (Å²) >= 11 is 0. The van der Waals surface area contributed by atoms with E-state index in [1.807, 2.05) is 66.9 Å². The Bertz CT molecular complexity index is 1060. The van der Waals surface area contributed by atoms with E-state index in [1.165, 1.54) is 19.3 Å². The van der Waals surface area contributed by atoms with Gasteiger partial charge in [0.2, 0.25) is 5.88 Å². The molecule has 2 aliphatic rings. The number of fused-ring (bicyclic) bond motifs is 1. The van der Waals surface area contributed by atoms with Crippen LogP contribution in [0, 0.1) is 0 Å². The maximum atomic E-state index is 12.8. The maximum Gasteiger partial charge on any atom is 0.326 e. The van der Waals surface area contributed by atoms with E-state index < -0.39 is 0 Å². The van der Waals surface area contributed by atoms with Crippen LogP contribution >= 0.6 is 0 Å².